The molecule has 12 nitrogen and oxygen atoms in total. The molecule has 0 spiro atoms. The summed E-state index contributed by atoms with van der Waals surface area (Å²) in [5, 5.41) is 3.24. The molecule has 0 saturated carbocycles. The van der Waals surface area contributed by atoms with E-state index in [1.165, 1.54) is 4.90 Å². The van der Waals surface area contributed by atoms with Crippen LogP contribution in [0.25, 0.3) is 0 Å². The van der Waals surface area contributed by atoms with E-state index >= 15 is 0 Å². The predicted molar refractivity (Wildman–Crippen MR) is 191 cm³/mol. The van der Waals surface area contributed by atoms with Crippen molar-refractivity contribution >= 4 is 23.5 Å². The van der Waals surface area contributed by atoms with Crippen LogP contribution in [-0.2, 0) is 6.42 Å². The Balaban J connectivity index is 1.32. The fourth-order valence-corrected chi connectivity index (χ4v) is 5.86. The van der Waals surface area contributed by atoms with Gasteiger partial charge in [0.1, 0.15) is 11.6 Å². The number of methoxy groups -OCH3 is 2. The van der Waals surface area contributed by atoms with Gasteiger partial charge in [-0.3, -0.25) is 9.88 Å². The number of hydrogen-bond donors (Lipinski definition) is 1. The van der Waals surface area contributed by atoms with E-state index in [1.54, 1.807) is 32.7 Å². The number of nitrogens with one attached hydrogen (secondary N) is 1. The van der Waals surface area contributed by atoms with E-state index < -0.39 is 6.09 Å². The first-order valence-electron chi connectivity index (χ1n) is 16.6. The second-order valence-corrected chi connectivity index (χ2v) is 12.2. The highest BCUT2D eigenvalue weighted by Gasteiger charge is 2.23. The number of piperazine rings is 1. The third kappa shape index (κ3) is 9.58. The molecule has 0 aliphatic carbocycles. The quantitative estimate of drug-likeness (QED) is 0.164. The van der Waals surface area contributed by atoms with E-state index in [0.29, 0.717) is 54.1 Å². The SMILES string of the molecule is COc1cc(Nc2nccc(N(CCc3ccccn3)C(=O)Oc3c(C)cc(C)cc3C)n2)cc(OC)c1OCCCN1CCN(C)CC1. The second kappa shape index (κ2) is 16.9. The number of amides is 1. The van der Waals surface area contributed by atoms with Crippen LogP contribution in [0, 0.1) is 20.8 Å². The lowest BCUT2D eigenvalue weighted by Gasteiger charge is -2.32. The average Bonchev–Trinajstić information content (AvgIpc) is 3.10. The zero-order chi connectivity index (χ0) is 34.8. The largest absolute Gasteiger partial charge is 0.493 e. The number of ether oxygens (including phenoxy) is 4. The molecule has 3 heterocycles. The zero-order valence-electron chi connectivity index (χ0n) is 29.4. The molecule has 260 valence electrons. The molecule has 1 N–H and O–H groups in total. The minimum absolute atomic E-state index is 0.279. The third-order valence-corrected chi connectivity index (χ3v) is 8.43. The summed E-state index contributed by atoms with van der Waals surface area (Å²) in [6, 6.07) is 15.0. The Morgan fingerprint density at radius 1 is 0.898 bits per heavy atom. The standard InChI is InChI=1S/C37H47N7O5/c1-26-22-27(2)34(28(3)23-26)49-37(45)44(16-12-29-10-7-8-13-38-29)33-11-14-39-36(41-33)40-30-24-31(46-5)35(32(25-30)47-6)48-21-9-15-43-19-17-42(4)18-20-43/h7-8,10-11,13-14,22-25H,9,12,15-21H2,1-6H3,(H,39,40,41). The van der Waals surface area contributed by atoms with Crippen molar-refractivity contribution in [3.63, 3.8) is 0 Å². The van der Waals surface area contributed by atoms with E-state index in [1.807, 2.05) is 63.2 Å². The molecule has 1 aliphatic heterocycles. The minimum Gasteiger partial charge on any atom is -0.493 e. The number of rotatable bonds is 14. The van der Waals surface area contributed by atoms with Crippen LogP contribution in [0.4, 0.5) is 22.2 Å². The summed E-state index contributed by atoms with van der Waals surface area (Å²) in [6.45, 7) is 12.0. The van der Waals surface area contributed by atoms with Gasteiger partial charge in [0.15, 0.2) is 11.5 Å². The van der Waals surface area contributed by atoms with Gasteiger partial charge < -0.3 is 34.1 Å². The maximum atomic E-state index is 13.8. The Morgan fingerprint density at radius 2 is 1.61 bits per heavy atom. The number of benzene rings is 2. The Morgan fingerprint density at radius 3 is 2.27 bits per heavy atom. The molecular formula is C37H47N7O5. The van der Waals surface area contributed by atoms with E-state index in [4.69, 9.17) is 23.9 Å². The first-order valence-corrected chi connectivity index (χ1v) is 16.6. The lowest BCUT2D eigenvalue weighted by Crippen LogP contribution is -2.44. The molecule has 0 atom stereocenters. The summed E-state index contributed by atoms with van der Waals surface area (Å²) in [4.78, 5) is 33.6. The monoisotopic (exact) mass is 669 g/mol. The van der Waals surface area contributed by atoms with Crippen LogP contribution in [0.3, 0.4) is 0 Å². The van der Waals surface area contributed by atoms with Gasteiger partial charge in [0.25, 0.3) is 0 Å². The Bertz CT molecular complexity index is 1650. The molecular weight excluding hydrogens is 622 g/mol. The van der Waals surface area contributed by atoms with E-state index in [0.717, 1.165) is 61.5 Å². The summed E-state index contributed by atoms with van der Waals surface area (Å²) >= 11 is 0. The fraction of sp³-hybridized carbons (Fsp3) is 0.405. The number of carbonyl (C=O) groups excluding carboxylic acids is 1. The van der Waals surface area contributed by atoms with Gasteiger partial charge in [0.2, 0.25) is 11.7 Å². The van der Waals surface area contributed by atoms with Gasteiger partial charge in [-0.15, -0.1) is 0 Å². The van der Waals surface area contributed by atoms with Crippen molar-refractivity contribution in [3.8, 4) is 23.0 Å². The van der Waals surface area contributed by atoms with Crippen LogP contribution in [-0.4, -0.2) is 98.0 Å². The number of aryl methyl sites for hydroxylation is 3. The molecule has 1 amide bonds. The van der Waals surface area contributed by atoms with Gasteiger partial charge in [-0.05, 0) is 63.6 Å². The van der Waals surface area contributed by atoms with Crippen LogP contribution >= 0.6 is 0 Å². The number of nitrogens with zero attached hydrogens (tertiary/aromatic N) is 6. The highest BCUT2D eigenvalue weighted by molar-refractivity contribution is 5.88. The van der Waals surface area contributed by atoms with Crippen molar-refractivity contribution in [2.24, 2.45) is 0 Å². The predicted octanol–water partition coefficient (Wildman–Crippen LogP) is 5.82. The first kappa shape index (κ1) is 35.4. The molecule has 49 heavy (non-hydrogen) atoms. The van der Waals surface area contributed by atoms with Crippen LogP contribution in [0.2, 0.25) is 0 Å². The van der Waals surface area contributed by atoms with Crippen LogP contribution in [0.15, 0.2) is 60.9 Å². The van der Waals surface area contributed by atoms with Gasteiger partial charge in [0.05, 0.1) is 20.8 Å². The Kier molecular flexibility index (Phi) is 12.2. The molecule has 12 heteroatoms. The smallest absolute Gasteiger partial charge is 0.420 e. The van der Waals surface area contributed by atoms with Crippen molar-refractivity contribution in [3.05, 3.63) is 83.3 Å². The van der Waals surface area contributed by atoms with E-state index in [2.05, 4.69) is 32.1 Å². The maximum absolute atomic E-state index is 13.8. The van der Waals surface area contributed by atoms with Crippen molar-refractivity contribution in [1.29, 1.82) is 0 Å². The molecule has 2 aromatic carbocycles. The normalized spacial score (nSPS) is 13.5. The van der Waals surface area contributed by atoms with Gasteiger partial charge in [-0.1, -0.05) is 23.8 Å². The third-order valence-electron chi connectivity index (χ3n) is 8.43. The fourth-order valence-electron chi connectivity index (χ4n) is 5.86. The number of carbonyl (C=O) groups is 1. The Labute approximate surface area is 289 Å². The van der Waals surface area contributed by atoms with Gasteiger partial charge >= 0.3 is 6.09 Å². The lowest BCUT2D eigenvalue weighted by molar-refractivity contribution is 0.144. The molecule has 0 radical (unpaired) electrons. The van der Waals surface area contributed by atoms with Crippen LogP contribution < -0.4 is 29.2 Å². The summed E-state index contributed by atoms with van der Waals surface area (Å²) in [6.07, 6.45) is 4.17. The summed E-state index contributed by atoms with van der Waals surface area (Å²) in [7, 11) is 5.34. The first-order chi connectivity index (χ1) is 23.7. The van der Waals surface area contributed by atoms with Gasteiger partial charge in [0, 0.05) is 81.6 Å². The molecule has 2 aromatic heterocycles. The van der Waals surface area contributed by atoms with Crippen LogP contribution in [0.1, 0.15) is 28.8 Å². The number of pyridine rings is 1. The highest BCUT2D eigenvalue weighted by atomic mass is 16.6. The number of hydrogen-bond acceptors (Lipinski definition) is 11. The van der Waals surface area contributed by atoms with Gasteiger partial charge in [-0.2, -0.15) is 4.98 Å². The number of likely N-dealkylation sites (N-methyl/N-ethyl adjacent to an activating group) is 1. The van der Waals surface area contributed by atoms with E-state index in [-0.39, 0.29) is 5.95 Å². The zero-order valence-corrected chi connectivity index (χ0v) is 29.4. The molecule has 0 unspecified atom stereocenters. The number of anilines is 3. The molecule has 1 fully saturated rings. The summed E-state index contributed by atoms with van der Waals surface area (Å²) in [5.41, 5.74) is 4.33. The topological polar surface area (TPSA) is 114 Å². The van der Waals surface area contributed by atoms with Crippen molar-refractivity contribution in [2.75, 3.05) is 77.4 Å². The second-order valence-electron chi connectivity index (χ2n) is 12.2. The van der Waals surface area contributed by atoms with Crippen molar-refractivity contribution < 1.29 is 23.7 Å². The molecule has 1 saturated heterocycles. The molecule has 5 rings (SSSR count). The van der Waals surface area contributed by atoms with Crippen molar-refractivity contribution in [1.82, 2.24) is 24.8 Å². The molecule has 4 aromatic rings. The minimum atomic E-state index is -0.548. The highest BCUT2D eigenvalue weighted by Crippen LogP contribution is 2.41. The Hall–Kier alpha value is -4.94. The summed E-state index contributed by atoms with van der Waals surface area (Å²) in [5.74, 6) is 2.75. The maximum Gasteiger partial charge on any atom is 0.420 e. The molecule has 1 aliphatic rings. The summed E-state index contributed by atoms with van der Waals surface area (Å²) < 4.78 is 23.5. The number of aromatic nitrogens is 3. The molecule has 0 bridgehead atoms. The van der Waals surface area contributed by atoms with Gasteiger partial charge in [-0.25, -0.2) is 9.78 Å². The van der Waals surface area contributed by atoms with Crippen LogP contribution in [0.5, 0.6) is 23.0 Å². The average molecular weight is 670 g/mol. The van der Waals surface area contributed by atoms with E-state index in [9.17, 15) is 4.79 Å². The van der Waals surface area contributed by atoms with Crippen molar-refractivity contribution in [2.45, 2.75) is 33.6 Å². The lowest BCUT2D eigenvalue weighted by atomic mass is 10.1.